The van der Waals surface area contributed by atoms with Gasteiger partial charge in [0.05, 0.1) is 54.9 Å². The highest BCUT2D eigenvalue weighted by molar-refractivity contribution is 5.87. The number of carbonyl (C=O) groups excluding carboxylic acids is 1. The van der Waals surface area contributed by atoms with Crippen LogP contribution in [0.2, 0.25) is 0 Å². The Morgan fingerprint density at radius 3 is 1.54 bits per heavy atom. The first-order valence-corrected chi connectivity index (χ1v) is 26.1. The van der Waals surface area contributed by atoms with Gasteiger partial charge >= 0.3 is 5.97 Å². The molecule has 3 aromatic rings. The van der Waals surface area contributed by atoms with E-state index in [1.807, 2.05) is 56.3 Å². The number of hydrogen-bond donors (Lipinski definition) is 0. The predicted molar refractivity (Wildman–Crippen MR) is 287 cm³/mol. The van der Waals surface area contributed by atoms with Crippen molar-refractivity contribution in [3.05, 3.63) is 108 Å². The topological polar surface area (TPSA) is 90.9 Å². The van der Waals surface area contributed by atoms with E-state index < -0.39 is 5.60 Å². The van der Waals surface area contributed by atoms with Crippen LogP contribution >= 0.6 is 0 Å². The highest BCUT2D eigenvalue weighted by Gasteiger charge is 2.40. The summed E-state index contributed by atoms with van der Waals surface area (Å²) in [5.74, 6) is 1.53. The Balaban J connectivity index is 1.32. The van der Waals surface area contributed by atoms with Crippen molar-refractivity contribution in [1.29, 1.82) is 0 Å². The van der Waals surface area contributed by atoms with Gasteiger partial charge in [0.25, 0.3) is 0 Å². The standard InChI is InChI=1S/C61H96O9/c1-46(2)55(62)70-60(13,14)53(49-30-20-18-21-31-49)44-66-48(4)47(3)29-24-26-39-67-57(7,8)37-41-64-51-34-28-35-52(43-51)65-42-38-58(9,10)68-40-27-25-36-56(5,6)61(15,16)69-45-54(59(11,12)63-17)50-32-22-19-23-33-50/h18-23,28,30-35,43,47-48,53-54H,1,24-27,29,36-42,44-45H2,2-17H3. The summed E-state index contributed by atoms with van der Waals surface area (Å²) in [5.41, 5.74) is 0.590. The van der Waals surface area contributed by atoms with Crippen LogP contribution in [0.3, 0.4) is 0 Å². The number of esters is 1. The Hall–Kier alpha value is -3.73. The Bertz CT molecular complexity index is 1950. The van der Waals surface area contributed by atoms with Crippen molar-refractivity contribution in [1.82, 2.24) is 0 Å². The van der Waals surface area contributed by atoms with Crippen LogP contribution in [0.1, 0.15) is 178 Å². The molecule has 0 amide bonds. The molecule has 3 rings (SSSR count). The molecule has 0 aromatic heterocycles. The fourth-order valence-corrected chi connectivity index (χ4v) is 8.30. The lowest BCUT2D eigenvalue weighted by molar-refractivity contribution is -0.156. The summed E-state index contributed by atoms with van der Waals surface area (Å²) in [6.45, 7) is 39.1. The Morgan fingerprint density at radius 1 is 0.571 bits per heavy atom. The van der Waals surface area contributed by atoms with Crippen LogP contribution in [0.4, 0.5) is 0 Å². The van der Waals surface area contributed by atoms with Crippen molar-refractivity contribution >= 4 is 5.97 Å². The fraction of sp³-hybridized carbons (Fsp3) is 0.656. The van der Waals surface area contributed by atoms with E-state index in [9.17, 15) is 4.79 Å². The molecule has 0 saturated heterocycles. The average molecular weight is 973 g/mol. The van der Waals surface area contributed by atoms with Gasteiger partial charge in [0.2, 0.25) is 0 Å². The summed E-state index contributed by atoms with van der Waals surface area (Å²) in [4.78, 5) is 12.5. The maximum Gasteiger partial charge on any atom is 0.333 e. The smallest absolute Gasteiger partial charge is 0.333 e. The van der Waals surface area contributed by atoms with E-state index in [2.05, 4.69) is 132 Å². The second-order valence-corrected chi connectivity index (χ2v) is 23.1. The van der Waals surface area contributed by atoms with Crippen molar-refractivity contribution in [3.63, 3.8) is 0 Å². The maximum atomic E-state index is 12.5. The molecule has 0 spiro atoms. The van der Waals surface area contributed by atoms with Gasteiger partial charge in [-0.25, -0.2) is 4.79 Å². The van der Waals surface area contributed by atoms with Gasteiger partial charge < -0.3 is 37.9 Å². The highest BCUT2D eigenvalue weighted by atomic mass is 16.6. The summed E-state index contributed by atoms with van der Waals surface area (Å²) >= 11 is 0. The van der Waals surface area contributed by atoms with Gasteiger partial charge in [-0.2, -0.15) is 0 Å². The first kappa shape index (κ1) is 60.6. The van der Waals surface area contributed by atoms with Crippen LogP contribution in [0.5, 0.6) is 11.5 Å². The zero-order chi connectivity index (χ0) is 52.2. The largest absolute Gasteiger partial charge is 0.493 e. The molecule has 70 heavy (non-hydrogen) atoms. The second kappa shape index (κ2) is 27.9. The van der Waals surface area contributed by atoms with Gasteiger partial charge in [-0.3, -0.25) is 0 Å². The lowest BCUT2D eigenvalue weighted by Gasteiger charge is -2.44. The van der Waals surface area contributed by atoms with E-state index in [1.54, 1.807) is 14.0 Å². The number of methoxy groups -OCH3 is 1. The highest BCUT2D eigenvalue weighted by Crippen LogP contribution is 2.41. The van der Waals surface area contributed by atoms with Crippen molar-refractivity contribution in [3.8, 4) is 11.5 Å². The van der Waals surface area contributed by atoms with Crippen LogP contribution in [-0.2, 0) is 33.2 Å². The summed E-state index contributed by atoms with van der Waals surface area (Å²) in [5, 5.41) is 0. The first-order chi connectivity index (χ1) is 32.7. The molecule has 0 fully saturated rings. The zero-order valence-electron chi connectivity index (χ0n) is 46.7. The second-order valence-electron chi connectivity index (χ2n) is 23.1. The Morgan fingerprint density at radius 2 is 1.06 bits per heavy atom. The van der Waals surface area contributed by atoms with Gasteiger partial charge in [-0.15, -0.1) is 0 Å². The van der Waals surface area contributed by atoms with Gasteiger partial charge in [0, 0.05) is 56.6 Å². The molecule has 9 nitrogen and oxygen atoms in total. The van der Waals surface area contributed by atoms with Crippen molar-refractivity contribution in [2.45, 2.75) is 201 Å². The molecule has 4 unspecified atom stereocenters. The molecule has 0 aliphatic carbocycles. The predicted octanol–water partition coefficient (Wildman–Crippen LogP) is 14.9. The van der Waals surface area contributed by atoms with E-state index in [-0.39, 0.29) is 51.7 Å². The summed E-state index contributed by atoms with van der Waals surface area (Å²) in [7, 11) is 1.78. The Labute approximate surface area is 426 Å². The monoisotopic (exact) mass is 973 g/mol. The van der Waals surface area contributed by atoms with E-state index in [0.717, 1.165) is 68.4 Å². The molecule has 9 heteroatoms. The van der Waals surface area contributed by atoms with Gasteiger partial charge in [0.15, 0.2) is 0 Å². The molecule has 0 heterocycles. The van der Waals surface area contributed by atoms with Crippen LogP contribution in [-0.4, -0.2) is 86.8 Å². The zero-order valence-corrected chi connectivity index (χ0v) is 46.7. The number of rotatable bonds is 35. The van der Waals surface area contributed by atoms with Crippen LogP contribution < -0.4 is 9.47 Å². The maximum absolute atomic E-state index is 12.5. The molecule has 0 saturated carbocycles. The van der Waals surface area contributed by atoms with E-state index in [1.165, 1.54) is 5.56 Å². The molecule has 0 bridgehead atoms. The lowest BCUT2D eigenvalue weighted by Crippen LogP contribution is -2.44. The summed E-state index contributed by atoms with van der Waals surface area (Å²) < 4.78 is 50.1. The molecular formula is C61H96O9. The third-order valence-electron chi connectivity index (χ3n) is 14.9. The molecular weight excluding hydrogens is 877 g/mol. The minimum absolute atomic E-state index is 0.0327. The van der Waals surface area contributed by atoms with Crippen molar-refractivity contribution < 1.29 is 42.7 Å². The molecule has 0 radical (unpaired) electrons. The third-order valence-corrected chi connectivity index (χ3v) is 14.9. The third kappa shape index (κ3) is 20.8. The molecule has 3 aromatic carbocycles. The number of carbonyl (C=O) groups is 1. The van der Waals surface area contributed by atoms with Gasteiger partial charge in [-0.1, -0.05) is 107 Å². The minimum Gasteiger partial charge on any atom is -0.493 e. The Kier molecular flexibility index (Phi) is 24.2. The number of benzene rings is 3. The van der Waals surface area contributed by atoms with Gasteiger partial charge in [0.1, 0.15) is 17.1 Å². The van der Waals surface area contributed by atoms with Crippen molar-refractivity contribution in [2.24, 2.45) is 11.3 Å². The van der Waals surface area contributed by atoms with E-state index in [4.69, 9.17) is 37.9 Å². The van der Waals surface area contributed by atoms with Crippen molar-refractivity contribution in [2.75, 3.05) is 46.8 Å². The first-order valence-electron chi connectivity index (χ1n) is 26.1. The number of unbranched alkanes of at least 4 members (excludes halogenated alkanes) is 2. The summed E-state index contributed by atoms with van der Waals surface area (Å²) in [6.07, 6.45) is 7.69. The van der Waals surface area contributed by atoms with Crippen LogP contribution in [0.15, 0.2) is 97.1 Å². The van der Waals surface area contributed by atoms with Gasteiger partial charge in [-0.05, 0) is 143 Å². The van der Waals surface area contributed by atoms with Crippen LogP contribution in [0, 0.1) is 11.3 Å². The molecule has 394 valence electrons. The van der Waals surface area contributed by atoms with E-state index >= 15 is 0 Å². The minimum atomic E-state index is -0.768. The SMILES string of the molecule is C=C(C)C(=O)OC(C)(C)C(COC(C)C(C)CCCCOC(C)(C)CCOc1cccc(OCCC(C)(C)OCCCCC(C)(C)C(C)(C)OCC(c2ccccc2)C(C)(C)OC)c1)c1ccccc1. The van der Waals surface area contributed by atoms with E-state index in [0.29, 0.717) is 51.1 Å². The molecule has 0 aliphatic rings. The molecule has 0 N–H and O–H groups in total. The van der Waals surface area contributed by atoms with Crippen LogP contribution in [0.25, 0.3) is 0 Å². The summed E-state index contributed by atoms with van der Waals surface area (Å²) in [6, 6.07) is 28.6. The fourth-order valence-electron chi connectivity index (χ4n) is 8.30. The average Bonchev–Trinajstić information content (AvgIpc) is 3.29. The number of ether oxygens (including phenoxy) is 8. The molecule has 4 atom stereocenters. The lowest BCUT2D eigenvalue weighted by atomic mass is 9.73. The number of hydrogen-bond acceptors (Lipinski definition) is 9. The normalized spacial score (nSPS) is 14.7. The quantitative estimate of drug-likeness (QED) is 0.0325. The molecule has 0 aliphatic heterocycles.